The Hall–Kier alpha value is -2.32. The molecule has 0 bridgehead atoms. The molecule has 1 fully saturated rings. The maximum Gasteiger partial charge on any atom is 0.471 e. The second-order valence-electron chi connectivity index (χ2n) is 7.86. The molecule has 3 rings (SSSR count). The number of para-hydroxylation sites is 1. The fraction of sp³-hybridized carbons (Fsp3) is 0.556. The van der Waals surface area contributed by atoms with Crippen LogP contribution in [0.1, 0.15) is 39.7 Å². The number of rotatable bonds is 0. The second kappa shape index (κ2) is 5.59. The highest BCUT2D eigenvalue weighted by Crippen LogP contribution is 2.60. The van der Waals surface area contributed by atoms with Crippen LogP contribution in [0.5, 0.6) is 0 Å². The van der Waals surface area contributed by atoms with E-state index in [1.165, 1.54) is 24.3 Å². The first-order valence-electron chi connectivity index (χ1n) is 8.44. The first-order valence-corrected chi connectivity index (χ1v) is 8.44. The van der Waals surface area contributed by atoms with Crippen LogP contribution < -0.4 is 4.90 Å². The Kier molecular flexibility index (Phi) is 4.03. The van der Waals surface area contributed by atoms with E-state index in [-0.39, 0.29) is 24.2 Å². The fourth-order valence-corrected chi connectivity index (χ4v) is 3.88. The average molecular weight is 388 g/mol. The van der Waals surface area contributed by atoms with Crippen molar-refractivity contribution in [2.24, 2.45) is 0 Å². The Morgan fingerprint density at radius 1 is 1.15 bits per heavy atom. The number of alkyl halides is 4. The summed E-state index contributed by atoms with van der Waals surface area (Å²) in [7, 11) is 0. The lowest BCUT2D eigenvalue weighted by Gasteiger charge is -2.44. The number of halogens is 4. The number of benzene rings is 1. The van der Waals surface area contributed by atoms with E-state index in [1.807, 2.05) is 0 Å². The molecule has 2 amide bonds. The van der Waals surface area contributed by atoms with E-state index in [1.54, 1.807) is 20.8 Å². The van der Waals surface area contributed by atoms with Gasteiger partial charge in [-0.15, -0.1) is 0 Å². The summed E-state index contributed by atoms with van der Waals surface area (Å²) in [5.74, 6) is -2.23. The van der Waals surface area contributed by atoms with Crippen LogP contribution in [-0.4, -0.2) is 40.9 Å². The average Bonchev–Trinajstić information content (AvgIpc) is 2.88. The molecule has 9 heteroatoms. The third kappa shape index (κ3) is 2.66. The molecule has 2 atom stereocenters. The molecular formula is C18H20F4N2O3. The lowest BCUT2D eigenvalue weighted by atomic mass is 9.87. The monoisotopic (exact) mass is 388 g/mol. The smallest absolute Gasteiger partial charge is 0.444 e. The number of hydrogen-bond donors (Lipinski definition) is 0. The van der Waals surface area contributed by atoms with Crippen molar-refractivity contribution in [2.45, 2.75) is 57.2 Å². The summed E-state index contributed by atoms with van der Waals surface area (Å²) < 4.78 is 61.3. The molecule has 0 saturated carbocycles. The summed E-state index contributed by atoms with van der Waals surface area (Å²) in [6, 6.07) is 5.49. The van der Waals surface area contributed by atoms with Gasteiger partial charge in [0.05, 0.1) is 5.69 Å². The lowest BCUT2D eigenvalue weighted by molar-refractivity contribution is -0.173. The van der Waals surface area contributed by atoms with E-state index < -0.39 is 35.1 Å². The summed E-state index contributed by atoms with van der Waals surface area (Å²) in [6.07, 6.45) is -6.46. The Morgan fingerprint density at radius 2 is 1.74 bits per heavy atom. The van der Waals surface area contributed by atoms with Crippen LogP contribution >= 0.6 is 0 Å². The van der Waals surface area contributed by atoms with Gasteiger partial charge in [0.15, 0.2) is 11.3 Å². The topological polar surface area (TPSA) is 49.9 Å². The van der Waals surface area contributed by atoms with Gasteiger partial charge in [-0.3, -0.25) is 14.6 Å². The molecule has 148 valence electrons. The van der Waals surface area contributed by atoms with Gasteiger partial charge in [0.25, 0.3) is 0 Å². The Bertz CT molecular complexity index is 805. The lowest BCUT2D eigenvalue weighted by Crippen LogP contribution is -2.65. The van der Waals surface area contributed by atoms with Crippen LogP contribution in [0.4, 0.5) is 28.0 Å². The number of fused-ring (bicyclic) bond motifs is 3. The van der Waals surface area contributed by atoms with Crippen LogP contribution in [0, 0.1) is 0 Å². The van der Waals surface area contributed by atoms with Crippen LogP contribution in [0.25, 0.3) is 0 Å². The normalized spacial score (nSPS) is 27.4. The number of hydrogen-bond acceptors (Lipinski definition) is 3. The molecule has 27 heavy (non-hydrogen) atoms. The molecule has 0 N–H and O–H groups in total. The molecular weight excluding hydrogens is 368 g/mol. The van der Waals surface area contributed by atoms with Crippen molar-refractivity contribution < 1.29 is 31.9 Å². The first-order chi connectivity index (χ1) is 12.2. The third-order valence-electron chi connectivity index (χ3n) is 5.02. The Balaban J connectivity index is 2.17. The van der Waals surface area contributed by atoms with Gasteiger partial charge in [-0.2, -0.15) is 13.2 Å². The minimum absolute atomic E-state index is 0.0452. The van der Waals surface area contributed by atoms with Crippen molar-refractivity contribution in [3.63, 3.8) is 0 Å². The number of ether oxygens (including phenoxy) is 1. The highest BCUT2D eigenvalue weighted by molar-refractivity contribution is 6.02. The van der Waals surface area contributed by atoms with E-state index in [2.05, 4.69) is 0 Å². The molecule has 1 aromatic carbocycles. The van der Waals surface area contributed by atoms with Crippen molar-refractivity contribution in [2.75, 3.05) is 11.4 Å². The molecule has 0 unspecified atom stereocenters. The Morgan fingerprint density at radius 3 is 2.30 bits per heavy atom. The predicted octanol–water partition coefficient (Wildman–Crippen LogP) is 4.12. The molecule has 0 radical (unpaired) electrons. The van der Waals surface area contributed by atoms with Crippen molar-refractivity contribution in [3.05, 3.63) is 29.8 Å². The van der Waals surface area contributed by atoms with Crippen LogP contribution in [-0.2, 0) is 15.2 Å². The zero-order chi connectivity index (χ0) is 20.4. The van der Waals surface area contributed by atoms with Gasteiger partial charge in [-0.05, 0) is 33.8 Å². The van der Waals surface area contributed by atoms with E-state index in [4.69, 9.17) is 4.74 Å². The zero-order valence-electron chi connectivity index (χ0n) is 15.4. The highest BCUT2D eigenvalue weighted by Gasteiger charge is 2.72. The minimum Gasteiger partial charge on any atom is -0.444 e. The third-order valence-corrected chi connectivity index (χ3v) is 5.02. The Labute approximate surface area is 153 Å². The fourth-order valence-electron chi connectivity index (χ4n) is 3.88. The number of likely N-dealkylation sites (tertiary alicyclic amines) is 1. The molecule has 2 aliphatic rings. The maximum atomic E-state index is 16.1. The summed E-state index contributed by atoms with van der Waals surface area (Å²) in [5, 5.41) is 0. The summed E-state index contributed by atoms with van der Waals surface area (Å²) in [4.78, 5) is 26.1. The molecule has 2 aliphatic heterocycles. The molecule has 1 aromatic rings. The van der Waals surface area contributed by atoms with E-state index >= 15 is 4.39 Å². The largest absolute Gasteiger partial charge is 0.471 e. The van der Waals surface area contributed by atoms with Gasteiger partial charge in [-0.1, -0.05) is 18.2 Å². The summed E-state index contributed by atoms with van der Waals surface area (Å²) in [5.41, 5.74) is -5.71. The van der Waals surface area contributed by atoms with E-state index in [0.717, 1.165) is 11.8 Å². The van der Waals surface area contributed by atoms with Crippen LogP contribution in [0.3, 0.4) is 0 Å². The number of nitrogens with zero attached hydrogens (tertiary/aromatic N) is 2. The van der Waals surface area contributed by atoms with E-state index in [0.29, 0.717) is 4.90 Å². The quantitative estimate of drug-likeness (QED) is 0.629. The molecule has 0 aliphatic carbocycles. The van der Waals surface area contributed by atoms with Gasteiger partial charge in [-0.25, -0.2) is 9.18 Å². The molecule has 2 heterocycles. The van der Waals surface area contributed by atoms with E-state index in [9.17, 15) is 22.8 Å². The predicted molar refractivity (Wildman–Crippen MR) is 88.7 cm³/mol. The molecule has 0 spiro atoms. The van der Waals surface area contributed by atoms with Crippen LogP contribution in [0.2, 0.25) is 0 Å². The number of carbonyl (C=O) groups excluding carboxylic acids is 2. The number of carbonyl (C=O) groups is 2. The minimum atomic E-state index is -5.23. The van der Waals surface area contributed by atoms with Gasteiger partial charge in [0.2, 0.25) is 0 Å². The number of amides is 2. The van der Waals surface area contributed by atoms with Gasteiger partial charge < -0.3 is 4.74 Å². The number of anilines is 1. The molecule has 1 saturated heterocycles. The SMILES string of the molecule is CC(C)(C)OC(=O)N1CC[C@@]2(F)c3ccccc3N(C(=O)C(F)(F)F)[C@@]12C. The molecule has 5 nitrogen and oxygen atoms in total. The summed E-state index contributed by atoms with van der Waals surface area (Å²) in [6.45, 7) is 5.72. The zero-order valence-corrected chi connectivity index (χ0v) is 15.4. The van der Waals surface area contributed by atoms with Gasteiger partial charge in [0, 0.05) is 18.5 Å². The standard InChI is InChI=1S/C18H20F4N2O3/c1-15(2,3)27-14(26)23-10-9-17(19)11-7-5-6-8-12(11)24(16(17,23)4)13(25)18(20,21)22/h5-8H,9-10H2,1-4H3/t16-,17-/m1/s1. The second-order valence-corrected chi connectivity index (χ2v) is 7.86. The van der Waals surface area contributed by atoms with Crippen molar-refractivity contribution in [3.8, 4) is 0 Å². The van der Waals surface area contributed by atoms with Crippen LogP contribution in [0.15, 0.2) is 24.3 Å². The van der Waals surface area contributed by atoms with Crippen molar-refractivity contribution in [1.82, 2.24) is 4.90 Å². The van der Waals surface area contributed by atoms with Crippen molar-refractivity contribution in [1.29, 1.82) is 0 Å². The highest BCUT2D eigenvalue weighted by atomic mass is 19.4. The maximum absolute atomic E-state index is 16.1. The van der Waals surface area contributed by atoms with Gasteiger partial charge >= 0.3 is 18.2 Å². The van der Waals surface area contributed by atoms with Gasteiger partial charge in [0.1, 0.15) is 5.60 Å². The molecule has 0 aromatic heterocycles. The van der Waals surface area contributed by atoms with Crippen molar-refractivity contribution >= 4 is 17.7 Å². The first kappa shape index (κ1) is 19.4. The summed E-state index contributed by atoms with van der Waals surface area (Å²) >= 11 is 0.